The second-order valence-electron chi connectivity index (χ2n) is 3.19. The lowest BCUT2D eigenvalue weighted by Gasteiger charge is -2.08. The van der Waals surface area contributed by atoms with Crippen LogP contribution in [0.5, 0.6) is 5.75 Å². The first kappa shape index (κ1) is 10.9. The maximum absolute atomic E-state index is 13.0. The van der Waals surface area contributed by atoms with Crippen LogP contribution in [-0.4, -0.2) is 12.6 Å². The smallest absolute Gasteiger partial charge is 0.165 e. The largest absolute Gasteiger partial charge is 0.490 e. The number of hydrogen-bond donors (Lipinski definition) is 1. The van der Waals surface area contributed by atoms with Crippen molar-refractivity contribution in [1.82, 2.24) is 0 Å². The summed E-state index contributed by atoms with van der Waals surface area (Å²) in [7, 11) is 0. The molecular weight excluding hydrogens is 188 g/mol. The van der Waals surface area contributed by atoms with Crippen molar-refractivity contribution in [1.29, 1.82) is 0 Å². The molecule has 1 aromatic rings. The molecular formula is C10H13F2NO. The van der Waals surface area contributed by atoms with E-state index in [9.17, 15) is 8.78 Å². The SMILES string of the molecule is CC(N)CCOc1cc(F)ccc1F. The van der Waals surface area contributed by atoms with Crippen LogP contribution in [0.3, 0.4) is 0 Å². The fraction of sp³-hybridized carbons (Fsp3) is 0.400. The number of ether oxygens (including phenoxy) is 1. The third kappa shape index (κ3) is 3.30. The monoisotopic (exact) mass is 201 g/mol. The second kappa shape index (κ2) is 4.91. The minimum absolute atomic E-state index is 0.00776. The van der Waals surface area contributed by atoms with Crippen molar-refractivity contribution in [3.63, 3.8) is 0 Å². The predicted octanol–water partition coefficient (Wildman–Crippen LogP) is 2.08. The van der Waals surface area contributed by atoms with E-state index in [0.29, 0.717) is 6.42 Å². The van der Waals surface area contributed by atoms with Gasteiger partial charge in [-0.3, -0.25) is 0 Å². The number of benzene rings is 1. The van der Waals surface area contributed by atoms with Gasteiger partial charge in [-0.2, -0.15) is 0 Å². The molecule has 0 aliphatic carbocycles. The van der Waals surface area contributed by atoms with Gasteiger partial charge in [0, 0.05) is 12.1 Å². The standard InChI is InChI=1S/C10H13F2NO/c1-7(13)4-5-14-10-6-8(11)2-3-9(10)12/h2-3,6-7H,4-5,13H2,1H3. The first-order valence-electron chi connectivity index (χ1n) is 4.43. The Balaban J connectivity index is 2.53. The molecule has 0 saturated heterocycles. The summed E-state index contributed by atoms with van der Waals surface area (Å²) in [5.74, 6) is -1.14. The van der Waals surface area contributed by atoms with E-state index in [-0.39, 0.29) is 18.4 Å². The van der Waals surface area contributed by atoms with Crippen molar-refractivity contribution < 1.29 is 13.5 Å². The maximum atomic E-state index is 13.0. The van der Waals surface area contributed by atoms with Crippen LogP contribution in [0.2, 0.25) is 0 Å². The average molecular weight is 201 g/mol. The Morgan fingerprint density at radius 3 is 2.79 bits per heavy atom. The molecule has 0 amide bonds. The molecule has 78 valence electrons. The molecule has 0 spiro atoms. The summed E-state index contributed by atoms with van der Waals surface area (Å²) < 4.78 is 30.7. The summed E-state index contributed by atoms with van der Waals surface area (Å²) in [5, 5.41) is 0. The third-order valence-corrected chi connectivity index (χ3v) is 1.72. The van der Waals surface area contributed by atoms with Gasteiger partial charge in [-0.05, 0) is 25.5 Å². The van der Waals surface area contributed by atoms with E-state index < -0.39 is 11.6 Å². The van der Waals surface area contributed by atoms with Gasteiger partial charge in [-0.25, -0.2) is 8.78 Å². The molecule has 0 aromatic heterocycles. The Bertz CT molecular complexity index is 302. The van der Waals surface area contributed by atoms with Gasteiger partial charge in [0.15, 0.2) is 11.6 Å². The lowest BCUT2D eigenvalue weighted by Crippen LogP contribution is -2.18. The molecule has 1 atom stereocenters. The molecule has 14 heavy (non-hydrogen) atoms. The van der Waals surface area contributed by atoms with Crippen LogP contribution in [0, 0.1) is 11.6 Å². The van der Waals surface area contributed by atoms with Crippen LogP contribution in [0.25, 0.3) is 0 Å². The fourth-order valence-corrected chi connectivity index (χ4v) is 0.943. The van der Waals surface area contributed by atoms with Gasteiger partial charge in [-0.15, -0.1) is 0 Å². The summed E-state index contributed by atoms with van der Waals surface area (Å²) in [6.07, 6.45) is 0.607. The summed E-state index contributed by atoms with van der Waals surface area (Å²) in [6, 6.07) is 3.10. The molecule has 1 rings (SSSR count). The van der Waals surface area contributed by atoms with Crippen molar-refractivity contribution in [2.45, 2.75) is 19.4 Å². The van der Waals surface area contributed by atoms with Crippen molar-refractivity contribution in [3.8, 4) is 5.75 Å². The first-order chi connectivity index (χ1) is 6.59. The number of rotatable bonds is 4. The van der Waals surface area contributed by atoms with E-state index in [4.69, 9.17) is 10.5 Å². The Kier molecular flexibility index (Phi) is 3.83. The molecule has 1 unspecified atom stereocenters. The minimum Gasteiger partial charge on any atom is -0.490 e. The van der Waals surface area contributed by atoms with E-state index in [1.165, 1.54) is 0 Å². The Morgan fingerprint density at radius 1 is 1.43 bits per heavy atom. The van der Waals surface area contributed by atoms with E-state index in [2.05, 4.69) is 0 Å². The number of hydrogen-bond acceptors (Lipinski definition) is 2. The van der Waals surface area contributed by atoms with Gasteiger partial charge in [0.2, 0.25) is 0 Å². The number of halogens is 2. The molecule has 0 aliphatic rings. The van der Waals surface area contributed by atoms with Gasteiger partial charge in [-0.1, -0.05) is 0 Å². The van der Waals surface area contributed by atoms with Crippen molar-refractivity contribution in [2.24, 2.45) is 5.73 Å². The summed E-state index contributed by atoms with van der Waals surface area (Å²) >= 11 is 0. The molecule has 0 heterocycles. The normalized spacial score (nSPS) is 12.6. The highest BCUT2D eigenvalue weighted by Gasteiger charge is 2.04. The van der Waals surface area contributed by atoms with E-state index in [1.807, 2.05) is 6.92 Å². The Labute approximate surface area is 81.7 Å². The highest BCUT2D eigenvalue weighted by Crippen LogP contribution is 2.17. The lowest BCUT2D eigenvalue weighted by atomic mass is 10.3. The van der Waals surface area contributed by atoms with Gasteiger partial charge in [0.25, 0.3) is 0 Å². The highest BCUT2D eigenvalue weighted by atomic mass is 19.1. The van der Waals surface area contributed by atoms with Crippen LogP contribution in [0.1, 0.15) is 13.3 Å². The van der Waals surface area contributed by atoms with E-state index in [1.54, 1.807) is 0 Å². The molecule has 0 radical (unpaired) electrons. The minimum atomic E-state index is -0.559. The first-order valence-corrected chi connectivity index (χ1v) is 4.43. The molecule has 1 aromatic carbocycles. The zero-order chi connectivity index (χ0) is 10.6. The van der Waals surface area contributed by atoms with Gasteiger partial charge >= 0.3 is 0 Å². The molecule has 0 saturated carbocycles. The van der Waals surface area contributed by atoms with E-state index >= 15 is 0 Å². The Hall–Kier alpha value is -1.16. The third-order valence-electron chi connectivity index (χ3n) is 1.72. The molecule has 0 fully saturated rings. The van der Waals surface area contributed by atoms with E-state index in [0.717, 1.165) is 18.2 Å². The van der Waals surface area contributed by atoms with Crippen molar-refractivity contribution >= 4 is 0 Å². The van der Waals surface area contributed by atoms with Crippen molar-refractivity contribution in [2.75, 3.05) is 6.61 Å². The topological polar surface area (TPSA) is 35.2 Å². The lowest BCUT2D eigenvalue weighted by molar-refractivity contribution is 0.285. The molecule has 0 aliphatic heterocycles. The van der Waals surface area contributed by atoms with Crippen LogP contribution in [0.15, 0.2) is 18.2 Å². The summed E-state index contributed by atoms with van der Waals surface area (Å²) in [6.45, 7) is 2.11. The number of nitrogens with two attached hydrogens (primary N) is 1. The summed E-state index contributed by atoms with van der Waals surface area (Å²) in [4.78, 5) is 0. The molecule has 2 nitrogen and oxygen atoms in total. The predicted molar refractivity (Wildman–Crippen MR) is 50.1 cm³/mol. The Morgan fingerprint density at radius 2 is 2.14 bits per heavy atom. The van der Waals surface area contributed by atoms with Crippen LogP contribution in [0.4, 0.5) is 8.78 Å². The quantitative estimate of drug-likeness (QED) is 0.809. The van der Waals surface area contributed by atoms with Gasteiger partial charge < -0.3 is 10.5 Å². The average Bonchev–Trinajstić information content (AvgIpc) is 2.10. The summed E-state index contributed by atoms with van der Waals surface area (Å²) in [5.41, 5.74) is 5.48. The molecule has 0 bridgehead atoms. The molecule has 2 N–H and O–H groups in total. The van der Waals surface area contributed by atoms with Crippen molar-refractivity contribution in [3.05, 3.63) is 29.8 Å². The van der Waals surface area contributed by atoms with Crippen LogP contribution in [-0.2, 0) is 0 Å². The zero-order valence-electron chi connectivity index (χ0n) is 7.97. The van der Waals surface area contributed by atoms with Gasteiger partial charge in [0.1, 0.15) is 5.82 Å². The second-order valence-corrected chi connectivity index (χ2v) is 3.19. The fourth-order valence-electron chi connectivity index (χ4n) is 0.943. The van der Waals surface area contributed by atoms with Crippen LogP contribution < -0.4 is 10.5 Å². The highest BCUT2D eigenvalue weighted by molar-refractivity contribution is 5.24. The van der Waals surface area contributed by atoms with Gasteiger partial charge in [0.05, 0.1) is 6.61 Å². The zero-order valence-corrected chi connectivity index (χ0v) is 7.97. The maximum Gasteiger partial charge on any atom is 0.165 e. The molecule has 4 heteroatoms. The van der Waals surface area contributed by atoms with Crippen LogP contribution >= 0.6 is 0 Å².